The summed E-state index contributed by atoms with van der Waals surface area (Å²) in [5, 5.41) is 2.80. The average Bonchev–Trinajstić information content (AvgIpc) is 2.59. The first-order chi connectivity index (χ1) is 7.06. The van der Waals surface area contributed by atoms with Gasteiger partial charge < -0.3 is 10.1 Å². The van der Waals surface area contributed by atoms with Crippen molar-refractivity contribution in [2.45, 2.75) is 44.6 Å². The molecular weight excluding hydrogens is 194 g/mol. The molecule has 0 aromatic heterocycles. The Morgan fingerprint density at radius 2 is 1.87 bits per heavy atom. The number of carbonyl (C=O) groups excluding carboxylic acids is 2. The highest BCUT2D eigenvalue weighted by molar-refractivity contribution is 5.92. The smallest absolute Gasteiger partial charge is 0.332 e. The van der Waals surface area contributed by atoms with Crippen LogP contribution in [0.4, 0.5) is 0 Å². The second-order valence-electron chi connectivity index (χ2n) is 4.74. The third-order valence-corrected chi connectivity index (χ3v) is 3.87. The Kier molecular flexibility index (Phi) is 2.24. The van der Waals surface area contributed by atoms with Gasteiger partial charge in [0.25, 0.3) is 0 Å². The maximum Gasteiger partial charge on any atom is 0.332 e. The second-order valence-corrected chi connectivity index (χ2v) is 4.74. The number of nitrogens with one attached hydrogen (secondary N) is 1. The summed E-state index contributed by atoms with van der Waals surface area (Å²) in [4.78, 5) is 22.9. The topological polar surface area (TPSA) is 55.4 Å². The van der Waals surface area contributed by atoms with Crippen molar-refractivity contribution in [1.29, 1.82) is 0 Å². The molecule has 4 nitrogen and oxygen atoms in total. The zero-order valence-electron chi connectivity index (χ0n) is 9.26. The Hall–Kier alpha value is -1.06. The fourth-order valence-corrected chi connectivity index (χ4v) is 3.11. The Morgan fingerprint density at radius 1 is 1.27 bits per heavy atom. The Bertz CT molecular complexity index is 307. The molecule has 2 aliphatic rings. The van der Waals surface area contributed by atoms with Gasteiger partial charge in [-0.05, 0) is 19.3 Å². The van der Waals surface area contributed by atoms with Crippen LogP contribution in [0.25, 0.3) is 0 Å². The molecule has 0 bridgehead atoms. The van der Waals surface area contributed by atoms with E-state index in [1.54, 1.807) is 0 Å². The summed E-state index contributed by atoms with van der Waals surface area (Å²) in [5.41, 5.74) is -0.699. The van der Waals surface area contributed by atoms with Crippen molar-refractivity contribution in [1.82, 2.24) is 5.32 Å². The van der Waals surface area contributed by atoms with Crippen molar-refractivity contribution in [3.63, 3.8) is 0 Å². The molecule has 4 heteroatoms. The zero-order chi connectivity index (χ0) is 11.1. The first kappa shape index (κ1) is 10.5. The van der Waals surface area contributed by atoms with Crippen molar-refractivity contribution >= 4 is 11.9 Å². The van der Waals surface area contributed by atoms with Gasteiger partial charge in [-0.2, -0.15) is 0 Å². The number of amides is 1. The molecule has 2 saturated carbocycles. The van der Waals surface area contributed by atoms with Crippen LogP contribution in [0.15, 0.2) is 0 Å². The molecule has 1 N–H and O–H groups in total. The first-order valence-electron chi connectivity index (χ1n) is 5.43. The van der Waals surface area contributed by atoms with E-state index in [4.69, 9.17) is 4.74 Å². The number of esters is 1. The molecule has 2 fully saturated rings. The molecule has 0 unspecified atom stereocenters. The fourth-order valence-electron chi connectivity index (χ4n) is 3.11. The molecule has 15 heavy (non-hydrogen) atoms. The van der Waals surface area contributed by atoms with Crippen LogP contribution < -0.4 is 5.32 Å². The molecule has 0 aromatic rings. The van der Waals surface area contributed by atoms with E-state index in [9.17, 15) is 9.59 Å². The van der Waals surface area contributed by atoms with Gasteiger partial charge in [-0.1, -0.05) is 12.8 Å². The molecular formula is C11H17NO3. The van der Waals surface area contributed by atoms with Gasteiger partial charge in [-0.15, -0.1) is 0 Å². The van der Waals surface area contributed by atoms with Gasteiger partial charge in [-0.3, -0.25) is 4.79 Å². The lowest BCUT2D eigenvalue weighted by Crippen LogP contribution is -2.47. The first-order valence-corrected chi connectivity index (χ1v) is 5.43. The van der Waals surface area contributed by atoms with Gasteiger partial charge in [0.05, 0.1) is 7.11 Å². The number of ether oxygens (including phenoxy) is 1. The lowest BCUT2D eigenvalue weighted by atomic mass is 9.97. The summed E-state index contributed by atoms with van der Waals surface area (Å²) < 4.78 is 4.81. The fraction of sp³-hybridized carbons (Fsp3) is 0.818. The number of hydrogen-bond donors (Lipinski definition) is 1. The molecule has 1 spiro atoms. The summed E-state index contributed by atoms with van der Waals surface area (Å²) in [7, 11) is 1.38. The number of rotatable bonds is 2. The van der Waals surface area contributed by atoms with Gasteiger partial charge in [0.1, 0.15) is 5.54 Å². The minimum absolute atomic E-state index is 0.00572. The van der Waals surface area contributed by atoms with Gasteiger partial charge in [0, 0.05) is 12.3 Å². The van der Waals surface area contributed by atoms with E-state index in [2.05, 4.69) is 5.32 Å². The highest BCUT2D eigenvalue weighted by Crippen LogP contribution is 2.65. The summed E-state index contributed by atoms with van der Waals surface area (Å²) in [6.45, 7) is 1.45. The van der Waals surface area contributed by atoms with E-state index in [1.165, 1.54) is 14.0 Å². The number of hydrogen-bond acceptors (Lipinski definition) is 3. The largest absolute Gasteiger partial charge is 0.467 e. The predicted molar refractivity (Wildman–Crippen MR) is 54.1 cm³/mol. The standard InChI is InChI=1S/C11H17NO3/c1-8(13)12-11(9(14)15-2)7-10(11)5-3-4-6-10/h3-7H2,1-2H3,(H,12,13)/t11-/m1/s1. The summed E-state index contributed by atoms with van der Waals surface area (Å²) in [6.07, 6.45) is 5.12. The molecule has 0 aromatic carbocycles. The third-order valence-electron chi connectivity index (χ3n) is 3.87. The Morgan fingerprint density at radius 3 is 2.33 bits per heavy atom. The van der Waals surface area contributed by atoms with Crippen LogP contribution in [-0.2, 0) is 14.3 Å². The van der Waals surface area contributed by atoms with E-state index in [0.717, 1.165) is 32.1 Å². The van der Waals surface area contributed by atoms with Crippen molar-refractivity contribution < 1.29 is 14.3 Å². The van der Waals surface area contributed by atoms with Crippen LogP contribution in [0, 0.1) is 5.41 Å². The van der Waals surface area contributed by atoms with E-state index in [-0.39, 0.29) is 17.3 Å². The van der Waals surface area contributed by atoms with Crippen molar-refractivity contribution in [2.75, 3.05) is 7.11 Å². The number of methoxy groups -OCH3 is 1. The zero-order valence-corrected chi connectivity index (χ0v) is 9.26. The molecule has 84 valence electrons. The van der Waals surface area contributed by atoms with Gasteiger partial charge >= 0.3 is 5.97 Å². The van der Waals surface area contributed by atoms with E-state index < -0.39 is 5.54 Å². The molecule has 0 saturated heterocycles. The minimum Gasteiger partial charge on any atom is -0.467 e. The van der Waals surface area contributed by atoms with Crippen LogP contribution in [0.2, 0.25) is 0 Å². The van der Waals surface area contributed by atoms with Gasteiger partial charge in [0.2, 0.25) is 5.91 Å². The maximum atomic E-state index is 11.8. The van der Waals surface area contributed by atoms with Crippen LogP contribution in [0.3, 0.4) is 0 Å². The lowest BCUT2D eigenvalue weighted by molar-refractivity contribution is -0.147. The van der Waals surface area contributed by atoms with E-state index in [0.29, 0.717) is 0 Å². The second kappa shape index (κ2) is 3.22. The van der Waals surface area contributed by atoms with Crippen molar-refractivity contribution in [3.8, 4) is 0 Å². The average molecular weight is 211 g/mol. The highest BCUT2D eigenvalue weighted by Gasteiger charge is 2.73. The minimum atomic E-state index is -0.704. The molecule has 2 rings (SSSR count). The van der Waals surface area contributed by atoms with Crippen molar-refractivity contribution in [3.05, 3.63) is 0 Å². The maximum absolute atomic E-state index is 11.8. The molecule has 2 aliphatic carbocycles. The van der Waals surface area contributed by atoms with E-state index >= 15 is 0 Å². The monoisotopic (exact) mass is 211 g/mol. The summed E-state index contributed by atoms with van der Waals surface area (Å²) in [5.74, 6) is -0.427. The normalized spacial score (nSPS) is 31.3. The van der Waals surface area contributed by atoms with Gasteiger partial charge in [-0.25, -0.2) is 4.79 Å². The molecule has 1 atom stereocenters. The van der Waals surface area contributed by atoms with Gasteiger partial charge in [0.15, 0.2) is 0 Å². The van der Waals surface area contributed by atoms with Crippen LogP contribution >= 0.6 is 0 Å². The molecule has 0 radical (unpaired) electrons. The van der Waals surface area contributed by atoms with E-state index in [1.807, 2.05) is 0 Å². The van der Waals surface area contributed by atoms with Crippen molar-refractivity contribution in [2.24, 2.45) is 5.41 Å². The summed E-state index contributed by atoms with van der Waals surface area (Å²) >= 11 is 0. The number of carbonyl (C=O) groups is 2. The van der Waals surface area contributed by atoms with Crippen LogP contribution in [0.1, 0.15) is 39.0 Å². The Labute approximate surface area is 89.4 Å². The molecule has 1 amide bonds. The lowest BCUT2D eigenvalue weighted by Gasteiger charge is -2.20. The third kappa shape index (κ3) is 1.34. The van der Waals surface area contributed by atoms with Crippen LogP contribution in [-0.4, -0.2) is 24.5 Å². The summed E-state index contributed by atoms with van der Waals surface area (Å²) in [6, 6.07) is 0. The molecule has 0 aliphatic heterocycles. The predicted octanol–water partition coefficient (Wildman–Crippen LogP) is 0.998. The molecule has 0 heterocycles. The quantitative estimate of drug-likeness (QED) is 0.693. The Balaban J connectivity index is 2.20. The van der Waals surface area contributed by atoms with Crippen LogP contribution in [0.5, 0.6) is 0 Å². The highest BCUT2D eigenvalue weighted by atomic mass is 16.5. The SMILES string of the molecule is COC(=O)[C@]1(NC(C)=O)CC12CCCC2.